The molecular weight excluding hydrogens is 522 g/mol. The first-order valence-electron chi connectivity index (χ1n) is 9.91. The van der Waals surface area contributed by atoms with Gasteiger partial charge in [-0.05, 0) is 12.1 Å². The molecule has 0 unspecified atom stereocenters. The van der Waals surface area contributed by atoms with E-state index in [0.29, 0.717) is 4.57 Å². The van der Waals surface area contributed by atoms with Crippen LogP contribution in [0, 0.1) is 0 Å². The summed E-state index contributed by atoms with van der Waals surface area (Å²) in [6.45, 7) is -1.29. The maximum absolute atomic E-state index is 13.0. The number of phosphoric ester groups is 1. The molecule has 14 nitrogen and oxygen atoms in total. The van der Waals surface area contributed by atoms with Crippen molar-refractivity contribution in [1.29, 1.82) is 0 Å². The van der Waals surface area contributed by atoms with Crippen LogP contribution in [0.4, 0.5) is 13.2 Å². The Morgan fingerprint density at radius 3 is 2.53 bits per heavy atom. The minimum Gasteiger partial charge on any atom is -0.406 e. The fourth-order valence-corrected chi connectivity index (χ4v) is 3.91. The number of aliphatic hydroxyl groups is 2. The maximum Gasteiger partial charge on any atom is 0.573 e. The van der Waals surface area contributed by atoms with Crippen molar-refractivity contribution in [3.05, 3.63) is 57.0 Å². The van der Waals surface area contributed by atoms with Crippen LogP contribution < -0.4 is 16.0 Å². The summed E-state index contributed by atoms with van der Waals surface area (Å²) in [5.41, 5.74) is -1.93. The van der Waals surface area contributed by atoms with Crippen molar-refractivity contribution in [3.63, 3.8) is 0 Å². The molecule has 1 aromatic carbocycles. The lowest BCUT2D eigenvalue weighted by atomic mass is 10.1. The number of rotatable bonds is 7. The van der Waals surface area contributed by atoms with Crippen molar-refractivity contribution >= 4 is 18.8 Å². The Bertz CT molecular complexity index is 1430. The largest absolute Gasteiger partial charge is 0.573 e. The zero-order chi connectivity index (χ0) is 26.4. The van der Waals surface area contributed by atoms with Gasteiger partial charge < -0.3 is 34.0 Å². The van der Waals surface area contributed by atoms with Crippen LogP contribution in [-0.4, -0.2) is 65.6 Å². The van der Waals surface area contributed by atoms with Gasteiger partial charge in [-0.15, -0.1) is 13.2 Å². The number of ether oxygens (including phenoxy) is 2. The van der Waals surface area contributed by atoms with Crippen molar-refractivity contribution in [1.82, 2.24) is 14.3 Å². The monoisotopic (exact) mass is 539 g/mol. The number of hydrogen-bond acceptors (Lipinski definition) is 10. The van der Waals surface area contributed by atoms with Crippen molar-refractivity contribution in [3.8, 4) is 5.75 Å². The molecule has 0 spiro atoms. The van der Waals surface area contributed by atoms with Gasteiger partial charge in [0.15, 0.2) is 11.8 Å². The van der Waals surface area contributed by atoms with Crippen molar-refractivity contribution < 1.29 is 56.3 Å². The number of aliphatic hydroxyl groups excluding tert-OH is 2. The third kappa shape index (κ3) is 5.52. The normalized spacial score (nSPS) is 22.9. The molecule has 0 saturated carbocycles. The van der Waals surface area contributed by atoms with Gasteiger partial charge in [0.2, 0.25) is 0 Å². The van der Waals surface area contributed by atoms with Crippen LogP contribution in [0.3, 0.4) is 0 Å². The van der Waals surface area contributed by atoms with Gasteiger partial charge in [0.05, 0.1) is 13.2 Å². The van der Waals surface area contributed by atoms with Crippen LogP contribution in [0.2, 0.25) is 0 Å². The summed E-state index contributed by atoms with van der Waals surface area (Å²) < 4.78 is 68.0. The molecule has 0 amide bonds. The molecule has 4 atom stereocenters. The summed E-state index contributed by atoms with van der Waals surface area (Å²) in [5, 5.41) is 24.3. The Kier molecular flexibility index (Phi) is 6.82. The van der Waals surface area contributed by atoms with Crippen LogP contribution in [0.15, 0.2) is 44.6 Å². The molecule has 2 aromatic heterocycles. The summed E-state index contributed by atoms with van der Waals surface area (Å²) in [5.74, 6) is -0.569. The second-order valence-electron chi connectivity index (χ2n) is 7.60. The molecule has 1 aliphatic rings. The van der Waals surface area contributed by atoms with Gasteiger partial charge in [-0.25, -0.2) is 9.36 Å². The highest BCUT2D eigenvalue weighted by Crippen LogP contribution is 2.38. The highest BCUT2D eigenvalue weighted by Gasteiger charge is 2.45. The first-order valence-corrected chi connectivity index (χ1v) is 11.4. The van der Waals surface area contributed by atoms with Crippen molar-refractivity contribution in [2.75, 3.05) is 6.61 Å². The summed E-state index contributed by atoms with van der Waals surface area (Å²) in [7, 11) is -4.91. The summed E-state index contributed by atoms with van der Waals surface area (Å²) in [6, 6.07) is 4.06. The third-order valence-electron chi connectivity index (χ3n) is 5.17. The van der Waals surface area contributed by atoms with E-state index in [1.54, 1.807) is 0 Å². The van der Waals surface area contributed by atoms with E-state index in [1.165, 1.54) is 6.07 Å². The number of alkyl halides is 3. The number of fused-ring (bicyclic) bond motifs is 1. The molecular formula is C18H17F3N3O11P. The number of benzene rings is 1. The summed E-state index contributed by atoms with van der Waals surface area (Å²) in [6.07, 6.45) is -10.4. The average Bonchev–Trinajstić information content (AvgIpc) is 3.29. The van der Waals surface area contributed by atoms with Gasteiger partial charge in [-0.3, -0.25) is 18.5 Å². The Morgan fingerprint density at radius 2 is 1.86 bits per heavy atom. The average molecular weight is 539 g/mol. The number of aromatic nitrogens is 3. The topological polar surface area (TPSA) is 196 Å². The predicted octanol–water partition coefficient (Wildman–Crippen LogP) is -0.173. The minimum absolute atomic E-state index is 0.0151. The highest BCUT2D eigenvalue weighted by molar-refractivity contribution is 7.46. The minimum atomic E-state index is -4.93. The highest BCUT2D eigenvalue weighted by atomic mass is 31.2. The number of hydrogen-bond donors (Lipinski definition) is 4. The number of halogens is 3. The van der Waals surface area contributed by atoms with Crippen molar-refractivity contribution in [2.24, 2.45) is 0 Å². The lowest BCUT2D eigenvalue weighted by Crippen LogP contribution is -2.43. The second kappa shape index (κ2) is 9.44. The standard InChI is InChI=1S/C18H17F3N3O11P/c19-18(20,21)34-8-1-2-9-10(22-35-11(9)5-8)6-24-13(25)3-4-23(17(24)28)16-15(27)14(26)12(33-16)7-32-36(29,30)31/h1-5,12,14-16,26-27H,6-7H2,(H2,29,30,31)/t12-,14+,15+,16-/m1/s1. The van der Waals surface area contributed by atoms with E-state index in [9.17, 15) is 37.5 Å². The Balaban J connectivity index is 1.61. The van der Waals surface area contributed by atoms with Gasteiger partial charge in [0.1, 0.15) is 29.8 Å². The molecule has 4 rings (SSSR count). The maximum atomic E-state index is 13.0. The van der Waals surface area contributed by atoms with Crippen molar-refractivity contribution in [2.45, 2.75) is 37.4 Å². The fraction of sp³-hybridized carbons (Fsp3) is 0.389. The van der Waals surface area contributed by atoms with Gasteiger partial charge in [-0.2, -0.15) is 0 Å². The van der Waals surface area contributed by atoms with Crippen LogP contribution in [0.25, 0.3) is 11.0 Å². The van der Waals surface area contributed by atoms with Crippen LogP contribution >= 0.6 is 7.82 Å². The Labute approximate surface area is 196 Å². The smallest absolute Gasteiger partial charge is 0.406 e. The van der Waals surface area contributed by atoms with E-state index in [2.05, 4.69) is 14.4 Å². The number of nitrogens with zero attached hydrogens (tertiary/aromatic N) is 3. The Hall–Kier alpha value is -3.05. The zero-order valence-electron chi connectivity index (χ0n) is 17.7. The van der Waals surface area contributed by atoms with Gasteiger partial charge >= 0.3 is 19.9 Å². The molecule has 0 aliphatic carbocycles. The number of phosphoric acid groups is 1. The Morgan fingerprint density at radius 1 is 1.14 bits per heavy atom. The molecule has 3 heterocycles. The molecule has 196 valence electrons. The van der Waals surface area contributed by atoms with E-state index in [-0.39, 0.29) is 16.7 Å². The zero-order valence-corrected chi connectivity index (χ0v) is 18.6. The van der Waals surface area contributed by atoms with E-state index in [1.807, 2.05) is 0 Å². The molecule has 4 N–H and O–H groups in total. The molecule has 3 aromatic rings. The molecule has 1 saturated heterocycles. The van der Waals surface area contributed by atoms with Gasteiger partial charge in [0, 0.05) is 23.7 Å². The summed E-state index contributed by atoms with van der Waals surface area (Å²) >= 11 is 0. The van der Waals surface area contributed by atoms with E-state index in [4.69, 9.17) is 19.0 Å². The molecule has 0 bridgehead atoms. The summed E-state index contributed by atoms with van der Waals surface area (Å²) in [4.78, 5) is 43.0. The van der Waals surface area contributed by atoms with Crippen LogP contribution in [0.1, 0.15) is 11.9 Å². The molecule has 1 aliphatic heterocycles. The molecule has 36 heavy (non-hydrogen) atoms. The molecule has 1 fully saturated rings. The van der Waals surface area contributed by atoms with Gasteiger partial charge in [-0.1, -0.05) is 5.16 Å². The molecule has 18 heteroatoms. The van der Waals surface area contributed by atoms with E-state index in [0.717, 1.165) is 29.0 Å². The SMILES string of the molecule is O=c1ccn([C@@H]2O[C@H](COP(=O)(O)O)[C@H](O)[C@@H]2O)c(=O)n1Cc1noc2cc(OC(F)(F)F)ccc12. The first kappa shape index (κ1) is 26.0. The van der Waals surface area contributed by atoms with E-state index >= 15 is 0 Å². The fourth-order valence-electron chi connectivity index (χ4n) is 3.57. The van der Waals surface area contributed by atoms with E-state index < -0.39 is 68.9 Å². The first-order chi connectivity index (χ1) is 16.7. The second-order valence-corrected chi connectivity index (χ2v) is 8.84. The molecule has 0 radical (unpaired) electrons. The quantitative estimate of drug-likeness (QED) is 0.290. The van der Waals surface area contributed by atoms with Crippen LogP contribution in [0.5, 0.6) is 5.75 Å². The third-order valence-corrected chi connectivity index (χ3v) is 5.66. The predicted molar refractivity (Wildman–Crippen MR) is 109 cm³/mol. The lowest BCUT2D eigenvalue weighted by molar-refractivity contribution is -0.274. The lowest BCUT2D eigenvalue weighted by Gasteiger charge is -2.18. The van der Waals surface area contributed by atoms with Crippen LogP contribution in [-0.2, 0) is 20.4 Å². The van der Waals surface area contributed by atoms with Gasteiger partial charge in [0.25, 0.3) is 5.56 Å².